The van der Waals surface area contributed by atoms with E-state index in [1.54, 1.807) is 6.26 Å². The van der Waals surface area contributed by atoms with Crippen LogP contribution in [0.15, 0.2) is 28.9 Å². The highest BCUT2D eigenvalue weighted by atomic mass is 16.3. The zero-order valence-corrected chi connectivity index (χ0v) is 9.43. The molecule has 1 saturated carbocycles. The van der Waals surface area contributed by atoms with Gasteiger partial charge in [-0.15, -0.1) is 0 Å². The number of hydrogen-bond acceptors (Lipinski definition) is 3. The molecule has 3 nitrogen and oxygen atoms in total. The van der Waals surface area contributed by atoms with Gasteiger partial charge in [0.25, 0.3) is 0 Å². The first-order chi connectivity index (χ1) is 7.90. The van der Waals surface area contributed by atoms with E-state index < -0.39 is 0 Å². The molecular weight excluding hydrogens is 202 g/mol. The third-order valence-corrected chi connectivity index (χ3v) is 3.22. The molecule has 2 atom stereocenters. The summed E-state index contributed by atoms with van der Waals surface area (Å²) in [5.41, 5.74) is 0. The lowest BCUT2D eigenvalue weighted by Gasteiger charge is -2.17. The number of nitrogens with one attached hydrogen (secondary N) is 1. The van der Waals surface area contributed by atoms with Crippen molar-refractivity contribution in [2.45, 2.75) is 25.3 Å². The van der Waals surface area contributed by atoms with E-state index in [0.29, 0.717) is 18.6 Å². The number of aliphatic hydroxyl groups is 1. The minimum atomic E-state index is 0.305. The van der Waals surface area contributed by atoms with E-state index in [9.17, 15) is 5.11 Å². The molecule has 16 heavy (non-hydrogen) atoms. The second kappa shape index (κ2) is 5.87. The topological polar surface area (TPSA) is 45.4 Å². The summed E-state index contributed by atoms with van der Waals surface area (Å²) in [7, 11) is 0. The first-order valence-corrected chi connectivity index (χ1v) is 5.94. The summed E-state index contributed by atoms with van der Waals surface area (Å²) in [6.45, 7) is 1.14. The smallest absolute Gasteiger partial charge is 0.126 e. The van der Waals surface area contributed by atoms with Crippen molar-refractivity contribution in [3.05, 3.63) is 30.2 Å². The zero-order valence-electron chi connectivity index (χ0n) is 9.43. The molecule has 2 N–H and O–H groups in total. The number of hydrogen-bond donors (Lipinski definition) is 2. The van der Waals surface area contributed by atoms with Crippen molar-refractivity contribution in [2.24, 2.45) is 5.92 Å². The van der Waals surface area contributed by atoms with E-state index in [0.717, 1.165) is 18.7 Å². The van der Waals surface area contributed by atoms with Crippen molar-refractivity contribution in [3.63, 3.8) is 0 Å². The summed E-state index contributed by atoms with van der Waals surface area (Å²) >= 11 is 0. The summed E-state index contributed by atoms with van der Waals surface area (Å²) in [5.74, 6) is 1.32. The molecule has 1 heterocycles. The zero-order chi connectivity index (χ0) is 11.2. The van der Waals surface area contributed by atoms with Crippen molar-refractivity contribution < 1.29 is 9.52 Å². The van der Waals surface area contributed by atoms with Gasteiger partial charge in [-0.1, -0.05) is 12.5 Å². The molecule has 1 aliphatic carbocycles. The molecule has 1 fully saturated rings. The van der Waals surface area contributed by atoms with Crippen LogP contribution in [0.1, 0.15) is 25.0 Å². The highest BCUT2D eigenvalue weighted by Crippen LogP contribution is 2.24. The van der Waals surface area contributed by atoms with Crippen LogP contribution in [0.5, 0.6) is 0 Å². The van der Waals surface area contributed by atoms with E-state index in [1.807, 2.05) is 18.2 Å². The van der Waals surface area contributed by atoms with Gasteiger partial charge in [-0.2, -0.15) is 0 Å². The Morgan fingerprint density at radius 3 is 3.19 bits per heavy atom. The minimum absolute atomic E-state index is 0.305. The average molecular weight is 221 g/mol. The molecule has 0 aliphatic heterocycles. The maximum absolute atomic E-state index is 9.17. The van der Waals surface area contributed by atoms with E-state index in [1.165, 1.54) is 12.8 Å². The maximum atomic E-state index is 9.17. The summed E-state index contributed by atoms with van der Waals surface area (Å²) in [6.07, 6.45) is 9.26. The molecule has 0 aromatic carbocycles. The minimum Gasteiger partial charge on any atom is -0.465 e. The highest BCUT2D eigenvalue weighted by molar-refractivity contribution is 5.42. The van der Waals surface area contributed by atoms with Crippen LogP contribution in [0.4, 0.5) is 0 Å². The second-order valence-corrected chi connectivity index (χ2v) is 4.31. The van der Waals surface area contributed by atoms with Crippen LogP contribution in [0, 0.1) is 5.92 Å². The van der Waals surface area contributed by atoms with Crippen LogP contribution in [-0.2, 0) is 0 Å². The van der Waals surface area contributed by atoms with Gasteiger partial charge in [-0.05, 0) is 37.0 Å². The lowest BCUT2D eigenvalue weighted by Crippen LogP contribution is -2.34. The van der Waals surface area contributed by atoms with Crippen LogP contribution in [0.2, 0.25) is 0 Å². The van der Waals surface area contributed by atoms with Crippen LogP contribution in [0.3, 0.4) is 0 Å². The van der Waals surface area contributed by atoms with Gasteiger partial charge < -0.3 is 14.8 Å². The van der Waals surface area contributed by atoms with Crippen LogP contribution in [0.25, 0.3) is 6.08 Å². The summed E-state index contributed by atoms with van der Waals surface area (Å²) in [4.78, 5) is 0. The Balaban J connectivity index is 1.71. The predicted octanol–water partition coefficient (Wildman–Crippen LogP) is 2.04. The SMILES string of the molecule is OCC1CCCC1NC/C=C/c1ccco1. The van der Waals surface area contributed by atoms with Gasteiger partial charge in [-0.3, -0.25) is 0 Å². The van der Waals surface area contributed by atoms with E-state index in [4.69, 9.17) is 4.42 Å². The van der Waals surface area contributed by atoms with Crippen LogP contribution >= 0.6 is 0 Å². The molecule has 0 radical (unpaired) electrons. The fourth-order valence-electron chi connectivity index (χ4n) is 2.30. The third kappa shape index (κ3) is 2.97. The predicted molar refractivity (Wildman–Crippen MR) is 64.0 cm³/mol. The molecule has 88 valence electrons. The largest absolute Gasteiger partial charge is 0.465 e. The molecule has 1 aromatic heterocycles. The molecule has 2 rings (SSSR count). The van der Waals surface area contributed by atoms with Crippen LogP contribution < -0.4 is 5.32 Å². The van der Waals surface area contributed by atoms with Crippen molar-refractivity contribution in [2.75, 3.05) is 13.2 Å². The van der Waals surface area contributed by atoms with Gasteiger partial charge >= 0.3 is 0 Å². The van der Waals surface area contributed by atoms with E-state index >= 15 is 0 Å². The fourth-order valence-corrected chi connectivity index (χ4v) is 2.30. The van der Waals surface area contributed by atoms with Gasteiger partial charge in [0.2, 0.25) is 0 Å². The molecule has 0 spiro atoms. The summed E-state index contributed by atoms with van der Waals surface area (Å²) in [6, 6.07) is 4.29. The summed E-state index contributed by atoms with van der Waals surface area (Å²) < 4.78 is 5.19. The summed E-state index contributed by atoms with van der Waals surface area (Å²) in [5, 5.41) is 12.6. The first kappa shape index (κ1) is 11.4. The monoisotopic (exact) mass is 221 g/mol. The molecular formula is C13H19NO2. The van der Waals surface area contributed by atoms with Crippen molar-refractivity contribution in [3.8, 4) is 0 Å². The second-order valence-electron chi connectivity index (χ2n) is 4.31. The molecule has 3 heteroatoms. The highest BCUT2D eigenvalue weighted by Gasteiger charge is 2.25. The Morgan fingerprint density at radius 1 is 1.50 bits per heavy atom. The fraction of sp³-hybridized carbons (Fsp3) is 0.538. The number of aliphatic hydroxyl groups excluding tert-OH is 1. The first-order valence-electron chi connectivity index (χ1n) is 5.94. The van der Waals surface area contributed by atoms with Crippen molar-refractivity contribution in [1.82, 2.24) is 5.32 Å². The average Bonchev–Trinajstić information content (AvgIpc) is 2.95. The molecule has 0 bridgehead atoms. The quantitative estimate of drug-likeness (QED) is 0.799. The van der Waals surface area contributed by atoms with Gasteiger partial charge in [0.15, 0.2) is 0 Å². The Bertz CT molecular complexity index is 319. The Labute approximate surface area is 96.2 Å². The molecule has 2 unspecified atom stereocenters. The lowest BCUT2D eigenvalue weighted by molar-refractivity contribution is 0.207. The lowest BCUT2D eigenvalue weighted by atomic mass is 10.1. The van der Waals surface area contributed by atoms with Gasteiger partial charge in [-0.25, -0.2) is 0 Å². The number of furan rings is 1. The van der Waals surface area contributed by atoms with E-state index in [2.05, 4.69) is 11.4 Å². The normalized spacial score (nSPS) is 25.6. The van der Waals surface area contributed by atoms with Gasteiger partial charge in [0.1, 0.15) is 5.76 Å². The van der Waals surface area contributed by atoms with Gasteiger partial charge in [0, 0.05) is 19.2 Å². The third-order valence-electron chi connectivity index (χ3n) is 3.22. The van der Waals surface area contributed by atoms with Crippen LogP contribution in [-0.4, -0.2) is 24.3 Å². The Kier molecular flexibility index (Phi) is 4.19. The molecule has 0 saturated heterocycles. The maximum Gasteiger partial charge on any atom is 0.126 e. The molecule has 1 aliphatic rings. The van der Waals surface area contributed by atoms with Crippen molar-refractivity contribution >= 4 is 6.08 Å². The molecule has 0 amide bonds. The number of rotatable bonds is 5. The van der Waals surface area contributed by atoms with Gasteiger partial charge in [0.05, 0.1) is 6.26 Å². The van der Waals surface area contributed by atoms with E-state index in [-0.39, 0.29) is 0 Å². The van der Waals surface area contributed by atoms with Crippen molar-refractivity contribution in [1.29, 1.82) is 0 Å². The molecule has 1 aromatic rings. The Hall–Kier alpha value is -1.06. The standard InChI is InChI=1S/C13H19NO2/c15-10-11-4-1-7-13(11)14-8-2-5-12-6-3-9-16-12/h2-3,5-6,9,11,13-15H,1,4,7-8,10H2/b5-2+. The Morgan fingerprint density at radius 2 is 2.44 bits per heavy atom.